The number of thiol groups is 1. The molecular formula is C64H44N4O2S3. The Morgan fingerprint density at radius 2 is 0.699 bits per heavy atom. The van der Waals surface area contributed by atoms with Crippen molar-refractivity contribution < 1.29 is 8.83 Å². The van der Waals surface area contributed by atoms with Crippen LogP contribution in [-0.2, 0) is 0 Å². The van der Waals surface area contributed by atoms with E-state index in [1.807, 2.05) is 24.3 Å². The Morgan fingerprint density at radius 1 is 0.370 bits per heavy atom. The maximum absolute atomic E-state index is 10.3. The van der Waals surface area contributed by atoms with Gasteiger partial charge in [-0.25, -0.2) is 4.40 Å². The maximum atomic E-state index is 10.3. The predicted octanol–water partition coefficient (Wildman–Crippen LogP) is 16.7. The van der Waals surface area contributed by atoms with Crippen molar-refractivity contribution in [2.24, 2.45) is 4.40 Å². The number of furan rings is 2. The maximum Gasteiger partial charge on any atom is 0.152 e. The predicted molar refractivity (Wildman–Crippen MR) is 303 cm³/mol. The van der Waals surface area contributed by atoms with Crippen LogP contribution in [-0.4, -0.2) is 9.97 Å². The summed E-state index contributed by atoms with van der Waals surface area (Å²) in [6.07, 6.45) is 3.33. The van der Waals surface area contributed by atoms with E-state index >= 15 is 0 Å². The number of thiophene rings is 2. The number of nitrogens with zero attached hydrogens (tertiary/aromatic N) is 1. The summed E-state index contributed by atoms with van der Waals surface area (Å²) in [6.45, 7) is 0. The van der Waals surface area contributed by atoms with Crippen LogP contribution in [0.3, 0.4) is 0 Å². The summed E-state index contributed by atoms with van der Waals surface area (Å²) in [5.41, 5.74) is 15.2. The second-order valence-electron chi connectivity index (χ2n) is 17.3. The number of H-pyrrole nitrogens is 2. The molecule has 0 amide bonds. The molecule has 0 saturated carbocycles. The molecule has 350 valence electrons. The highest BCUT2D eigenvalue weighted by Gasteiger charge is 2.29. The standard InChI is InChI=1S/C64H44N4O2S3/c65-59-57(51-37-35-49(72-51)55(45-29-15-5-16-30-45)53(41-21-7-1-8-22-41)42-23-9-2-10-24-42)63-64(67-61(48-34-20-40-70-48)60(66-63)47-33-19-39-69-47)58(62(59)68-71)52-38-36-50(73-52)56(46-31-17-6-18-32-46)54(43-25-11-3-12-26-43)44-27-13-4-14-28-44/h1-40,65-67,71H. The summed E-state index contributed by atoms with van der Waals surface area (Å²) >= 11 is 8.00. The van der Waals surface area contributed by atoms with E-state index in [2.05, 4.69) is 216 Å². The van der Waals surface area contributed by atoms with E-state index in [9.17, 15) is 5.41 Å². The summed E-state index contributed by atoms with van der Waals surface area (Å²) < 4.78 is 17.0. The van der Waals surface area contributed by atoms with Crippen LogP contribution >= 0.6 is 35.5 Å². The summed E-state index contributed by atoms with van der Waals surface area (Å²) in [5, 5.41) is 11.0. The minimum absolute atomic E-state index is 0.228. The van der Waals surface area contributed by atoms with Gasteiger partial charge in [-0.05, 0) is 106 Å². The Labute approximate surface area is 435 Å². The van der Waals surface area contributed by atoms with Gasteiger partial charge in [-0.1, -0.05) is 182 Å². The van der Waals surface area contributed by atoms with Crippen molar-refractivity contribution in [1.82, 2.24) is 9.97 Å². The van der Waals surface area contributed by atoms with Crippen LogP contribution in [0, 0.1) is 5.41 Å². The Kier molecular flexibility index (Phi) is 12.6. The molecule has 0 spiro atoms. The molecule has 10 aromatic rings. The first-order valence-corrected chi connectivity index (χ1v) is 25.8. The van der Waals surface area contributed by atoms with Gasteiger partial charge in [-0.15, -0.1) is 22.7 Å². The molecule has 6 nitrogen and oxygen atoms in total. The molecule has 4 aromatic heterocycles. The molecule has 3 N–H and O–H groups in total. The lowest BCUT2D eigenvalue weighted by Gasteiger charge is -2.20. The third-order valence-electron chi connectivity index (χ3n) is 12.9. The van der Waals surface area contributed by atoms with Gasteiger partial charge < -0.3 is 18.8 Å². The normalized spacial score (nSPS) is 11.5. The van der Waals surface area contributed by atoms with Crippen molar-refractivity contribution in [3.8, 4) is 55.2 Å². The molecule has 0 fully saturated rings. The van der Waals surface area contributed by atoms with E-state index in [0.717, 1.165) is 86.4 Å². The average Bonchev–Trinajstić information content (AvgIpc) is 4.33. The lowest BCUT2D eigenvalue weighted by atomic mass is 9.88. The summed E-state index contributed by atoms with van der Waals surface area (Å²) in [4.78, 5) is 11.6. The third kappa shape index (κ3) is 8.70. The van der Waals surface area contributed by atoms with Gasteiger partial charge in [-0.2, -0.15) is 0 Å². The Hall–Kier alpha value is -8.73. The van der Waals surface area contributed by atoms with E-state index < -0.39 is 0 Å². The monoisotopic (exact) mass is 996 g/mol. The molecule has 0 unspecified atom stereocenters. The molecule has 1 aliphatic heterocycles. The number of rotatable bonds is 12. The summed E-state index contributed by atoms with van der Waals surface area (Å²) in [7, 11) is 0. The van der Waals surface area contributed by atoms with Gasteiger partial charge in [0.15, 0.2) is 11.5 Å². The molecule has 12 rings (SSSR count). The Bertz CT molecular complexity index is 3920. The topological polar surface area (TPSA) is 94.1 Å². The minimum atomic E-state index is 0.228. The van der Waals surface area contributed by atoms with Crippen molar-refractivity contribution >= 4 is 57.8 Å². The molecule has 0 bridgehead atoms. The summed E-state index contributed by atoms with van der Waals surface area (Å²) in [5.74, 6) is 1.21. The van der Waals surface area contributed by atoms with Crippen LogP contribution in [0.2, 0.25) is 0 Å². The van der Waals surface area contributed by atoms with Gasteiger partial charge in [0, 0.05) is 41.8 Å². The first kappa shape index (κ1) is 45.4. The lowest BCUT2D eigenvalue weighted by Crippen LogP contribution is -2.30. The Morgan fingerprint density at radius 3 is 1.03 bits per heavy atom. The van der Waals surface area contributed by atoms with Crippen LogP contribution in [0.15, 0.2) is 256 Å². The molecule has 0 saturated heterocycles. The number of nitrogens with one attached hydrogen (secondary N) is 3. The smallest absolute Gasteiger partial charge is 0.152 e. The molecule has 6 aromatic carbocycles. The van der Waals surface area contributed by atoms with E-state index in [1.54, 1.807) is 35.2 Å². The van der Waals surface area contributed by atoms with Gasteiger partial charge >= 0.3 is 0 Å². The molecule has 1 aliphatic carbocycles. The second-order valence-corrected chi connectivity index (χ2v) is 19.7. The third-order valence-corrected chi connectivity index (χ3v) is 15.4. The van der Waals surface area contributed by atoms with Crippen molar-refractivity contribution in [3.05, 3.63) is 297 Å². The molecule has 0 radical (unpaired) electrons. The molecule has 9 heteroatoms. The Balaban J connectivity index is 1.14. The van der Waals surface area contributed by atoms with Crippen molar-refractivity contribution in [3.63, 3.8) is 0 Å². The number of fused-ring (bicyclic) bond motifs is 1. The second kappa shape index (κ2) is 20.2. The van der Waals surface area contributed by atoms with Crippen LogP contribution in [0.1, 0.15) is 43.1 Å². The van der Waals surface area contributed by atoms with E-state index in [-0.39, 0.29) is 5.36 Å². The van der Waals surface area contributed by atoms with Gasteiger partial charge in [0.25, 0.3) is 0 Å². The number of hydrogen-bond acceptors (Lipinski definition) is 7. The quantitative estimate of drug-likeness (QED) is 0.0725. The van der Waals surface area contributed by atoms with E-state index in [1.165, 1.54) is 0 Å². The summed E-state index contributed by atoms with van der Waals surface area (Å²) in [6, 6.07) is 79.7. The number of hydrogen-bond donors (Lipinski definition) is 4. The fourth-order valence-corrected chi connectivity index (χ4v) is 12.2. The minimum Gasteiger partial charge on any atom is -0.463 e. The largest absolute Gasteiger partial charge is 0.463 e. The fraction of sp³-hybridized carbons (Fsp3) is 0. The number of aromatic nitrogens is 2. The molecule has 2 aliphatic rings. The van der Waals surface area contributed by atoms with Crippen molar-refractivity contribution in [2.75, 3.05) is 0 Å². The fourth-order valence-electron chi connectivity index (χ4n) is 9.73. The molecule has 5 heterocycles. The first-order valence-electron chi connectivity index (χ1n) is 23.8. The highest BCUT2D eigenvalue weighted by molar-refractivity contribution is 7.78. The number of benzene rings is 7. The molecule has 0 atom stereocenters. The molecule has 73 heavy (non-hydrogen) atoms. The van der Waals surface area contributed by atoms with E-state index in [0.29, 0.717) is 39.5 Å². The van der Waals surface area contributed by atoms with E-state index in [4.69, 9.17) is 26.0 Å². The van der Waals surface area contributed by atoms with Gasteiger partial charge in [-0.3, -0.25) is 5.41 Å². The van der Waals surface area contributed by atoms with Crippen LogP contribution in [0.5, 0.6) is 0 Å². The van der Waals surface area contributed by atoms with Crippen LogP contribution in [0.4, 0.5) is 0 Å². The molecular weight excluding hydrogens is 953 g/mol. The highest BCUT2D eigenvalue weighted by Crippen LogP contribution is 2.47. The SMILES string of the molecule is N=c1c(-c2ccc(C(=C(c3ccccc3)c3ccccc3)c3ccccc3)s2)c2[nH]c(-c3ccco3)c(-c3ccco3)[nH]c-2c(-c2ccc(C(=C(c3ccccc3)c3ccccc3)c3ccccc3)s2)c1=NS. The first-order chi connectivity index (χ1) is 36.1. The van der Waals surface area contributed by atoms with Crippen molar-refractivity contribution in [2.45, 2.75) is 0 Å². The van der Waals surface area contributed by atoms with Crippen LogP contribution in [0.25, 0.3) is 77.5 Å². The van der Waals surface area contributed by atoms with Gasteiger partial charge in [0.1, 0.15) is 16.7 Å². The number of aromatic amines is 2. The zero-order valence-corrected chi connectivity index (χ0v) is 41.6. The van der Waals surface area contributed by atoms with Gasteiger partial charge in [0.2, 0.25) is 0 Å². The average molecular weight is 997 g/mol. The lowest BCUT2D eigenvalue weighted by molar-refractivity contribution is 0.571. The van der Waals surface area contributed by atoms with Gasteiger partial charge in [0.05, 0.1) is 29.3 Å². The van der Waals surface area contributed by atoms with Crippen molar-refractivity contribution in [1.29, 1.82) is 5.41 Å². The highest BCUT2D eigenvalue weighted by atomic mass is 32.1. The van der Waals surface area contributed by atoms with Crippen LogP contribution < -0.4 is 10.7 Å². The zero-order chi connectivity index (χ0) is 49.1. The zero-order valence-electron chi connectivity index (χ0n) is 39.1.